The summed E-state index contributed by atoms with van der Waals surface area (Å²) in [5.41, 5.74) is 3.06. The summed E-state index contributed by atoms with van der Waals surface area (Å²) in [6.07, 6.45) is 4.42. The van der Waals surface area contributed by atoms with Crippen LogP contribution in [0.5, 0.6) is 0 Å². The van der Waals surface area contributed by atoms with Gasteiger partial charge in [-0.3, -0.25) is 10.1 Å². The fourth-order valence-electron chi connectivity index (χ4n) is 3.51. The summed E-state index contributed by atoms with van der Waals surface area (Å²) in [4.78, 5) is 12.7. The SMILES string of the molecule is CC(C)Cc1nnc(NC(=O)/C(C#N)=C\c2cn(Cc3ccccc3)c3ccccc23)s1. The fourth-order valence-corrected chi connectivity index (χ4v) is 4.45. The average molecular weight is 442 g/mol. The first-order chi connectivity index (χ1) is 15.5. The van der Waals surface area contributed by atoms with Gasteiger partial charge < -0.3 is 4.57 Å². The number of nitrogens with zero attached hydrogens (tertiary/aromatic N) is 4. The van der Waals surface area contributed by atoms with E-state index in [2.05, 4.69) is 46.1 Å². The van der Waals surface area contributed by atoms with Crippen molar-refractivity contribution in [2.45, 2.75) is 26.8 Å². The van der Waals surface area contributed by atoms with Crippen molar-refractivity contribution < 1.29 is 4.79 Å². The second-order valence-electron chi connectivity index (χ2n) is 7.94. The monoisotopic (exact) mass is 441 g/mol. The molecule has 2 heterocycles. The predicted octanol–water partition coefficient (Wildman–Crippen LogP) is 5.29. The van der Waals surface area contributed by atoms with Crippen LogP contribution in [0.3, 0.4) is 0 Å². The molecule has 0 aliphatic rings. The summed E-state index contributed by atoms with van der Waals surface area (Å²) in [5, 5.41) is 22.8. The predicted molar refractivity (Wildman–Crippen MR) is 128 cm³/mol. The number of nitriles is 1. The first-order valence-electron chi connectivity index (χ1n) is 10.4. The Morgan fingerprint density at radius 2 is 1.91 bits per heavy atom. The second-order valence-corrected chi connectivity index (χ2v) is 9.00. The van der Waals surface area contributed by atoms with E-state index in [0.29, 0.717) is 17.6 Å². The Morgan fingerprint density at radius 3 is 2.66 bits per heavy atom. The third-order valence-electron chi connectivity index (χ3n) is 4.95. The number of para-hydroxylation sites is 1. The van der Waals surface area contributed by atoms with Gasteiger partial charge in [-0.05, 0) is 23.6 Å². The van der Waals surface area contributed by atoms with Crippen LogP contribution < -0.4 is 5.32 Å². The number of carbonyl (C=O) groups is 1. The summed E-state index contributed by atoms with van der Waals surface area (Å²) in [6, 6.07) is 20.2. The molecule has 4 rings (SSSR count). The van der Waals surface area contributed by atoms with E-state index in [1.165, 1.54) is 16.9 Å². The standard InChI is InChI=1S/C25H23N5OS/c1-17(2)12-23-28-29-25(32-23)27-24(31)19(14-26)13-20-16-30(15-18-8-4-3-5-9-18)22-11-7-6-10-21(20)22/h3-11,13,16-17H,12,15H2,1-2H3,(H,27,29,31)/b19-13-. The molecule has 2 aromatic heterocycles. The Labute approximate surface area is 190 Å². The summed E-state index contributed by atoms with van der Waals surface area (Å²) >= 11 is 1.34. The van der Waals surface area contributed by atoms with Gasteiger partial charge in [0.1, 0.15) is 16.6 Å². The van der Waals surface area contributed by atoms with E-state index in [4.69, 9.17) is 0 Å². The zero-order valence-electron chi connectivity index (χ0n) is 17.9. The van der Waals surface area contributed by atoms with Crippen LogP contribution in [-0.2, 0) is 17.8 Å². The molecule has 0 spiro atoms. The van der Waals surface area contributed by atoms with Crippen molar-refractivity contribution >= 4 is 39.4 Å². The van der Waals surface area contributed by atoms with Gasteiger partial charge in [0.25, 0.3) is 5.91 Å². The Bertz CT molecular complexity index is 1310. The number of hydrogen-bond donors (Lipinski definition) is 1. The molecule has 4 aromatic rings. The van der Waals surface area contributed by atoms with E-state index in [-0.39, 0.29) is 5.57 Å². The van der Waals surface area contributed by atoms with Gasteiger partial charge in [-0.25, -0.2) is 0 Å². The van der Waals surface area contributed by atoms with Crippen LogP contribution in [0.2, 0.25) is 0 Å². The van der Waals surface area contributed by atoms with Crippen LogP contribution in [-0.4, -0.2) is 20.7 Å². The number of carbonyl (C=O) groups excluding carboxylic acids is 1. The number of rotatable bonds is 7. The topological polar surface area (TPSA) is 83.6 Å². The Kier molecular flexibility index (Phi) is 6.43. The number of amides is 1. The van der Waals surface area contributed by atoms with Crippen molar-refractivity contribution in [2.75, 3.05) is 5.32 Å². The van der Waals surface area contributed by atoms with Gasteiger partial charge in [0.2, 0.25) is 5.13 Å². The highest BCUT2D eigenvalue weighted by atomic mass is 32.1. The maximum atomic E-state index is 12.7. The number of anilines is 1. The molecule has 1 N–H and O–H groups in total. The van der Waals surface area contributed by atoms with E-state index in [0.717, 1.165) is 27.9 Å². The normalized spacial score (nSPS) is 11.6. The van der Waals surface area contributed by atoms with Gasteiger partial charge >= 0.3 is 0 Å². The molecule has 32 heavy (non-hydrogen) atoms. The molecule has 1 amide bonds. The Balaban J connectivity index is 1.61. The van der Waals surface area contributed by atoms with Gasteiger partial charge in [-0.2, -0.15) is 5.26 Å². The average Bonchev–Trinajstić information content (AvgIpc) is 3.36. The molecule has 6 nitrogen and oxygen atoms in total. The lowest BCUT2D eigenvalue weighted by atomic mass is 10.1. The number of nitrogens with one attached hydrogen (secondary N) is 1. The zero-order valence-corrected chi connectivity index (χ0v) is 18.8. The molecule has 0 radical (unpaired) electrons. The molecule has 0 saturated heterocycles. The molecule has 0 unspecified atom stereocenters. The highest BCUT2D eigenvalue weighted by Crippen LogP contribution is 2.25. The Hall–Kier alpha value is -3.76. The molecule has 160 valence electrons. The summed E-state index contributed by atoms with van der Waals surface area (Å²) in [5.74, 6) is -0.0334. The van der Waals surface area contributed by atoms with E-state index in [1.807, 2.05) is 54.7 Å². The lowest BCUT2D eigenvalue weighted by Gasteiger charge is -2.05. The first-order valence-corrected chi connectivity index (χ1v) is 11.2. The number of fused-ring (bicyclic) bond motifs is 1. The molecule has 0 aliphatic carbocycles. The minimum atomic E-state index is -0.486. The highest BCUT2D eigenvalue weighted by molar-refractivity contribution is 7.15. The van der Waals surface area contributed by atoms with Crippen molar-refractivity contribution in [2.24, 2.45) is 5.92 Å². The molecule has 0 fully saturated rings. The van der Waals surface area contributed by atoms with Crippen LogP contribution >= 0.6 is 11.3 Å². The molecule has 2 aromatic carbocycles. The molecule has 7 heteroatoms. The van der Waals surface area contributed by atoms with E-state index in [9.17, 15) is 10.1 Å². The van der Waals surface area contributed by atoms with Gasteiger partial charge in [-0.15, -0.1) is 10.2 Å². The van der Waals surface area contributed by atoms with Crippen LogP contribution in [0.4, 0.5) is 5.13 Å². The lowest BCUT2D eigenvalue weighted by molar-refractivity contribution is -0.112. The van der Waals surface area contributed by atoms with Crippen molar-refractivity contribution in [1.82, 2.24) is 14.8 Å². The van der Waals surface area contributed by atoms with Crippen LogP contribution in [0.15, 0.2) is 66.4 Å². The molecular weight excluding hydrogens is 418 g/mol. The summed E-state index contributed by atoms with van der Waals surface area (Å²) in [7, 11) is 0. The summed E-state index contributed by atoms with van der Waals surface area (Å²) < 4.78 is 2.13. The van der Waals surface area contributed by atoms with Gasteiger partial charge in [-0.1, -0.05) is 73.7 Å². The van der Waals surface area contributed by atoms with Crippen molar-refractivity contribution in [3.8, 4) is 6.07 Å². The number of benzene rings is 2. The van der Waals surface area contributed by atoms with Crippen molar-refractivity contribution in [3.63, 3.8) is 0 Å². The van der Waals surface area contributed by atoms with Crippen molar-refractivity contribution in [3.05, 3.63) is 82.5 Å². The van der Waals surface area contributed by atoms with Crippen LogP contribution in [0.25, 0.3) is 17.0 Å². The minimum Gasteiger partial charge on any atom is -0.342 e. The smallest absolute Gasteiger partial charge is 0.268 e. The maximum Gasteiger partial charge on any atom is 0.268 e. The fraction of sp³-hybridized carbons (Fsp3) is 0.200. The lowest BCUT2D eigenvalue weighted by Crippen LogP contribution is -2.13. The molecule has 0 atom stereocenters. The second kappa shape index (κ2) is 9.58. The maximum absolute atomic E-state index is 12.7. The van der Waals surface area contributed by atoms with Gasteiger partial charge in [0.05, 0.1) is 0 Å². The largest absolute Gasteiger partial charge is 0.342 e. The minimum absolute atomic E-state index is 0.0215. The van der Waals surface area contributed by atoms with E-state index < -0.39 is 5.91 Å². The Morgan fingerprint density at radius 1 is 1.16 bits per heavy atom. The van der Waals surface area contributed by atoms with Crippen LogP contribution in [0, 0.1) is 17.2 Å². The van der Waals surface area contributed by atoms with Crippen LogP contribution in [0.1, 0.15) is 30.0 Å². The van der Waals surface area contributed by atoms with Crippen molar-refractivity contribution in [1.29, 1.82) is 5.26 Å². The van der Waals surface area contributed by atoms with E-state index in [1.54, 1.807) is 6.08 Å². The molecule has 0 saturated carbocycles. The van der Waals surface area contributed by atoms with Gasteiger partial charge in [0, 0.05) is 35.6 Å². The molecule has 0 aliphatic heterocycles. The number of aromatic nitrogens is 3. The first kappa shape index (κ1) is 21.5. The molecule has 0 bridgehead atoms. The molecular formula is C25H23N5OS. The number of hydrogen-bond acceptors (Lipinski definition) is 5. The zero-order chi connectivity index (χ0) is 22.5. The quantitative estimate of drug-likeness (QED) is 0.312. The third kappa shape index (κ3) is 4.93. The third-order valence-corrected chi connectivity index (χ3v) is 5.81. The highest BCUT2D eigenvalue weighted by Gasteiger charge is 2.15. The van der Waals surface area contributed by atoms with E-state index >= 15 is 0 Å². The summed E-state index contributed by atoms with van der Waals surface area (Å²) in [6.45, 7) is 4.90. The van der Waals surface area contributed by atoms with Gasteiger partial charge in [0.15, 0.2) is 0 Å².